The van der Waals surface area contributed by atoms with Gasteiger partial charge in [0.2, 0.25) is 0 Å². The Kier molecular flexibility index (Phi) is 3.91. The molecule has 0 saturated heterocycles. The van der Waals surface area contributed by atoms with Crippen LogP contribution in [0.15, 0.2) is 18.2 Å². The summed E-state index contributed by atoms with van der Waals surface area (Å²) in [6.07, 6.45) is 2.63. The van der Waals surface area contributed by atoms with Crippen LogP contribution in [-0.4, -0.2) is 11.1 Å². The van der Waals surface area contributed by atoms with Crippen molar-refractivity contribution in [3.05, 3.63) is 34.3 Å². The lowest BCUT2D eigenvalue weighted by Gasteiger charge is -2.39. The molecule has 2 atom stereocenters. The van der Waals surface area contributed by atoms with E-state index in [-0.39, 0.29) is 17.3 Å². The lowest BCUT2D eigenvalue weighted by molar-refractivity contribution is -0.144. The molecule has 0 heterocycles. The zero-order valence-electron chi connectivity index (χ0n) is 11.7. The van der Waals surface area contributed by atoms with Gasteiger partial charge in [0, 0.05) is 5.02 Å². The molecule has 0 bridgehead atoms. The molecular formula is C16H21ClO2. The van der Waals surface area contributed by atoms with Crippen LogP contribution in [0, 0.1) is 18.3 Å². The predicted octanol–water partition coefficient (Wildman–Crippen LogP) is 4.64. The molecule has 1 fully saturated rings. The van der Waals surface area contributed by atoms with Gasteiger partial charge >= 0.3 is 5.97 Å². The standard InChI is InChI=1S/C16H21ClO2/c1-10-4-5-11(8-14(10)17)13-9-16(2,3)7-6-12(13)15(18)19/h4-5,8,12-13H,6-7,9H2,1-3H3,(H,18,19). The van der Waals surface area contributed by atoms with Crippen LogP contribution in [0.4, 0.5) is 0 Å². The number of aryl methyl sites for hydroxylation is 1. The fourth-order valence-electron chi connectivity index (χ4n) is 3.07. The van der Waals surface area contributed by atoms with E-state index in [1.165, 1.54) is 0 Å². The van der Waals surface area contributed by atoms with E-state index in [0.29, 0.717) is 0 Å². The van der Waals surface area contributed by atoms with Gasteiger partial charge in [-0.3, -0.25) is 4.79 Å². The van der Waals surface area contributed by atoms with Crippen molar-refractivity contribution in [2.45, 2.75) is 46.0 Å². The molecule has 0 amide bonds. The van der Waals surface area contributed by atoms with E-state index in [1.807, 2.05) is 25.1 Å². The Labute approximate surface area is 119 Å². The van der Waals surface area contributed by atoms with Crippen molar-refractivity contribution in [3.63, 3.8) is 0 Å². The number of halogens is 1. The van der Waals surface area contributed by atoms with Crippen LogP contribution in [0.1, 0.15) is 50.2 Å². The topological polar surface area (TPSA) is 37.3 Å². The van der Waals surface area contributed by atoms with Crippen molar-refractivity contribution in [2.75, 3.05) is 0 Å². The van der Waals surface area contributed by atoms with E-state index < -0.39 is 5.97 Å². The van der Waals surface area contributed by atoms with Crippen molar-refractivity contribution in [1.82, 2.24) is 0 Å². The van der Waals surface area contributed by atoms with Crippen molar-refractivity contribution < 1.29 is 9.90 Å². The van der Waals surface area contributed by atoms with Crippen LogP contribution >= 0.6 is 11.6 Å². The average molecular weight is 281 g/mol. The lowest BCUT2D eigenvalue weighted by atomic mass is 9.65. The molecule has 1 N–H and O–H groups in total. The van der Waals surface area contributed by atoms with Gasteiger partial charge in [-0.25, -0.2) is 0 Å². The van der Waals surface area contributed by atoms with E-state index in [0.717, 1.165) is 35.4 Å². The smallest absolute Gasteiger partial charge is 0.307 e. The Morgan fingerprint density at radius 3 is 2.68 bits per heavy atom. The summed E-state index contributed by atoms with van der Waals surface area (Å²) in [5.74, 6) is -0.900. The molecule has 2 unspecified atom stereocenters. The van der Waals surface area contributed by atoms with E-state index >= 15 is 0 Å². The van der Waals surface area contributed by atoms with E-state index in [2.05, 4.69) is 13.8 Å². The van der Waals surface area contributed by atoms with Gasteiger partial charge in [-0.05, 0) is 54.7 Å². The number of benzene rings is 1. The fourth-order valence-corrected chi connectivity index (χ4v) is 3.26. The Bertz CT molecular complexity index is 494. The quantitative estimate of drug-likeness (QED) is 0.857. The maximum atomic E-state index is 11.5. The van der Waals surface area contributed by atoms with Crippen LogP contribution in [0.3, 0.4) is 0 Å². The summed E-state index contributed by atoms with van der Waals surface area (Å²) >= 11 is 6.18. The maximum Gasteiger partial charge on any atom is 0.307 e. The molecule has 19 heavy (non-hydrogen) atoms. The second-order valence-corrected chi connectivity index (χ2v) is 6.87. The summed E-state index contributed by atoms with van der Waals surface area (Å²) in [6.45, 7) is 6.40. The zero-order valence-corrected chi connectivity index (χ0v) is 12.5. The third-order valence-corrected chi connectivity index (χ3v) is 4.74. The monoisotopic (exact) mass is 280 g/mol. The van der Waals surface area contributed by atoms with Crippen molar-refractivity contribution in [3.8, 4) is 0 Å². The van der Waals surface area contributed by atoms with Crippen molar-refractivity contribution in [1.29, 1.82) is 0 Å². The molecule has 3 heteroatoms. The molecule has 0 aromatic heterocycles. The molecule has 1 saturated carbocycles. The lowest BCUT2D eigenvalue weighted by Crippen LogP contribution is -2.33. The van der Waals surface area contributed by atoms with Gasteiger partial charge in [0.1, 0.15) is 0 Å². The highest BCUT2D eigenvalue weighted by Crippen LogP contribution is 2.47. The first-order valence-corrected chi connectivity index (χ1v) is 7.17. The molecule has 1 aliphatic carbocycles. The first-order valence-electron chi connectivity index (χ1n) is 6.79. The molecule has 104 valence electrons. The molecule has 1 aromatic rings. The normalized spacial score (nSPS) is 26.1. The van der Waals surface area contributed by atoms with Gasteiger partial charge in [-0.2, -0.15) is 0 Å². The number of carboxylic acid groups (broad SMARTS) is 1. The molecular weight excluding hydrogens is 260 g/mol. The second-order valence-electron chi connectivity index (χ2n) is 6.47. The highest BCUT2D eigenvalue weighted by atomic mass is 35.5. The third-order valence-electron chi connectivity index (χ3n) is 4.33. The Morgan fingerprint density at radius 2 is 2.11 bits per heavy atom. The minimum atomic E-state index is -0.683. The van der Waals surface area contributed by atoms with Gasteiger partial charge in [0.05, 0.1) is 5.92 Å². The van der Waals surface area contributed by atoms with Crippen LogP contribution in [0.5, 0.6) is 0 Å². The van der Waals surface area contributed by atoms with Gasteiger partial charge in [-0.1, -0.05) is 37.6 Å². The van der Waals surface area contributed by atoms with E-state index in [4.69, 9.17) is 11.6 Å². The largest absolute Gasteiger partial charge is 0.481 e. The van der Waals surface area contributed by atoms with Gasteiger partial charge in [-0.15, -0.1) is 0 Å². The second kappa shape index (κ2) is 5.16. The molecule has 2 rings (SSSR count). The van der Waals surface area contributed by atoms with Crippen molar-refractivity contribution in [2.24, 2.45) is 11.3 Å². The highest BCUT2D eigenvalue weighted by molar-refractivity contribution is 6.31. The predicted molar refractivity (Wildman–Crippen MR) is 77.7 cm³/mol. The Hall–Kier alpha value is -1.02. The number of hydrogen-bond acceptors (Lipinski definition) is 1. The summed E-state index contributed by atoms with van der Waals surface area (Å²) in [4.78, 5) is 11.5. The van der Waals surface area contributed by atoms with Crippen LogP contribution < -0.4 is 0 Å². The van der Waals surface area contributed by atoms with Crippen LogP contribution in [-0.2, 0) is 4.79 Å². The molecule has 0 aliphatic heterocycles. The first-order chi connectivity index (χ1) is 8.80. The van der Waals surface area contributed by atoms with Crippen LogP contribution in [0.25, 0.3) is 0 Å². The number of rotatable bonds is 2. The minimum absolute atomic E-state index is 0.0688. The summed E-state index contributed by atoms with van der Waals surface area (Å²) in [7, 11) is 0. The summed E-state index contributed by atoms with van der Waals surface area (Å²) in [5, 5.41) is 10.2. The molecule has 1 aromatic carbocycles. The van der Waals surface area contributed by atoms with Gasteiger partial charge in [0.25, 0.3) is 0 Å². The van der Waals surface area contributed by atoms with E-state index in [9.17, 15) is 9.90 Å². The fraction of sp³-hybridized carbons (Fsp3) is 0.562. The van der Waals surface area contributed by atoms with E-state index in [1.54, 1.807) is 0 Å². The van der Waals surface area contributed by atoms with Crippen LogP contribution in [0.2, 0.25) is 5.02 Å². The Balaban J connectivity index is 2.36. The van der Waals surface area contributed by atoms with Gasteiger partial charge in [0.15, 0.2) is 0 Å². The number of carboxylic acids is 1. The summed E-state index contributed by atoms with van der Waals surface area (Å²) in [6, 6.07) is 5.96. The maximum absolute atomic E-state index is 11.5. The Morgan fingerprint density at radius 1 is 1.42 bits per heavy atom. The minimum Gasteiger partial charge on any atom is -0.481 e. The van der Waals surface area contributed by atoms with Gasteiger partial charge < -0.3 is 5.11 Å². The highest BCUT2D eigenvalue weighted by Gasteiger charge is 2.39. The third kappa shape index (κ3) is 3.11. The number of hydrogen-bond donors (Lipinski definition) is 1. The number of carbonyl (C=O) groups is 1. The first kappa shape index (κ1) is 14.4. The average Bonchev–Trinajstić information content (AvgIpc) is 2.31. The number of aliphatic carboxylic acids is 1. The zero-order chi connectivity index (χ0) is 14.2. The summed E-state index contributed by atoms with van der Waals surface area (Å²) < 4.78 is 0. The summed E-state index contributed by atoms with van der Waals surface area (Å²) in [5.41, 5.74) is 2.30. The van der Waals surface area contributed by atoms with Crippen molar-refractivity contribution >= 4 is 17.6 Å². The molecule has 2 nitrogen and oxygen atoms in total. The SMILES string of the molecule is Cc1ccc(C2CC(C)(C)CCC2C(=O)O)cc1Cl. The molecule has 1 aliphatic rings. The molecule has 0 spiro atoms. The molecule has 0 radical (unpaired) electrons.